The Morgan fingerprint density at radius 2 is 2.33 bits per heavy atom. The summed E-state index contributed by atoms with van der Waals surface area (Å²) in [4.78, 5) is 0. The summed E-state index contributed by atoms with van der Waals surface area (Å²) in [5.74, 6) is 0. The average Bonchev–Trinajstić information content (AvgIpc) is 1.89. The highest BCUT2D eigenvalue weighted by molar-refractivity contribution is 7.95. The van der Waals surface area contributed by atoms with E-state index in [0.717, 1.165) is 12.8 Å². The molecule has 54 valence electrons. The highest BCUT2D eigenvalue weighted by atomic mass is 32.2. The Labute approximate surface area is 60.8 Å². The van der Waals surface area contributed by atoms with E-state index in [9.17, 15) is 3.89 Å². The zero-order chi connectivity index (χ0) is 7.11. The van der Waals surface area contributed by atoms with Crippen molar-refractivity contribution in [3.8, 4) is 0 Å². The molecule has 0 N–H and O–H groups in total. The molecule has 0 spiro atoms. The van der Waals surface area contributed by atoms with Gasteiger partial charge in [0.25, 0.3) is 0 Å². The lowest BCUT2D eigenvalue weighted by Crippen LogP contribution is -1.83. The molecule has 0 saturated carbocycles. The number of allylic oxidation sites excluding steroid dienone is 1. The van der Waals surface area contributed by atoms with Crippen LogP contribution in [0.15, 0.2) is 12.2 Å². The lowest BCUT2D eigenvalue weighted by atomic mass is 10.3. The van der Waals surface area contributed by atoms with Gasteiger partial charge in [0.2, 0.25) is 0 Å². The summed E-state index contributed by atoms with van der Waals surface area (Å²) in [6.45, 7) is 3.95. The van der Waals surface area contributed by atoms with Crippen molar-refractivity contribution in [1.29, 1.82) is 0 Å². The van der Waals surface area contributed by atoms with Crippen LogP contribution in [0.1, 0.15) is 26.7 Å². The molecule has 0 rings (SSSR count). The molecule has 0 aliphatic rings. The average molecular weight is 148 g/mol. The summed E-state index contributed by atoms with van der Waals surface area (Å²) in [6, 6.07) is 0. The van der Waals surface area contributed by atoms with Crippen LogP contribution in [0.25, 0.3) is 0 Å². The van der Waals surface area contributed by atoms with Gasteiger partial charge < -0.3 is 0 Å². The summed E-state index contributed by atoms with van der Waals surface area (Å²) in [5, 5.41) is 0.0246. The van der Waals surface area contributed by atoms with E-state index in [4.69, 9.17) is 0 Å². The van der Waals surface area contributed by atoms with Gasteiger partial charge in [-0.25, -0.2) is 0 Å². The molecular formula is C7H13FS. The Bertz CT molecular complexity index is 81.0. The minimum atomic E-state index is 0.0246. The van der Waals surface area contributed by atoms with E-state index in [1.54, 1.807) is 0 Å². The second-order valence-corrected chi connectivity index (χ2v) is 2.93. The van der Waals surface area contributed by atoms with Crippen molar-refractivity contribution in [3.05, 3.63) is 12.2 Å². The molecule has 0 heterocycles. The summed E-state index contributed by atoms with van der Waals surface area (Å²) in [5.41, 5.74) is 0. The van der Waals surface area contributed by atoms with Gasteiger partial charge in [-0.1, -0.05) is 25.5 Å². The maximum absolute atomic E-state index is 11.7. The van der Waals surface area contributed by atoms with Crippen molar-refractivity contribution in [2.75, 3.05) is 0 Å². The predicted octanol–water partition coefficient (Wildman–Crippen LogP) is 3.35. The van der Waals surface area contributed by atoms with Crippen molar-refractivity contribution < 1.29 is 3.89 Å². The molecule has 0 aliphatic heterocycles. The van der Waals surface area contributed by atoms with E-state index >= 15 is 0 Å². The van der Waals surface area contributed by atoms with Gasteiger partial charge in [0, 0.05) is 0 Å². The molecule has 0 saturated heterocycles. The summed E-state index contributed by atoms with van der Waals surface area (Å²) in [7, 11) is 0. The number of unbranched alkanes of at least 4 members (excludes halogenated alkanes) is 1. The normalized spacial score (nSPS) is 14.6. The van der Waals surface area contributed by atoms with Crippen molar-refractivity contribution >= 4 is 12.1 Å². The molecule has 0 aliphatic carbocycles. The molecule has 0 aromatic heterocycles. The van der Waals surface area contributed by atoms with Crippen molar-refractivity contribution in [2.24, 2.45) is 0 Å². The minimum absolute atomic E-state index is 0.0246. The Morgan fingerprint density at radius 1 is 1.67 bits per heavy atom. The first kappa shape index (κ1) is 9.02. The van der Waals surface area contributed by atoms with Crippen LogP contribution in [0.2, 0.25) is 0 Å². The molecule has 9 heavy (non-hydrogen) atoms. The number of hydrogen-bond donors (Lipinski definition) is 0. The van der Waals surface area contributed by atoms with Crippen LogP contribution in [0.3, 0.4) is 0 Å². The molecule has 2 heteroatoms. The van der Waals surface area contributed by atoms with Gasteiger partial charge in [-0.3, -0.25) is 0 Å². The van der Waals surface area contributed by atoms with Gasteiger partial charge in [0.1, 0.15) is 0 Å². The molecule has 0 aromatic rings. The molecule has 0 fully saturated rings. The monoisotopic (exact) mass is 148 g/mol. The summed E-state index contributed by atoms with van der Waals surface area (Å²) < 4.78 is 11.7. The Morgan fingerprint density at radius 3 is 2.78 bits per heavy atom. The predicted molar refractivity (Wildman–Crippen MR) is 42.2 cm³/mol. The first-order chi connectivity index (χ1) is 4.31. The lowest BCUT2D eigenvalue weighted by molar-refractivity contribution is 0.915. The third kappa shape index (κ3) is 5.90. The second-order valence-electron chi connectivity index (χ2n) is 2.01. The number of hydrogen-bond acceptors (Lipinski definition) is 1. The quantitative estimate of drug-likeness (QED) is 0.551. The molecule has 0 amide bonds. The molecule has 0 radical (unpaired) electrons. The van der Waals surface area contributed by atoms with Crippen LogP contribution < -0.4 is 0 Å². The number of halogens is 1. The molecule has 1 atom stereocenters. The van der Waals surface area contributed by atoms with Gasteiger partial charge in [0.15, 0.2) is 0 Å². The van der Waals surface area contributed by atoms with E-state index < -0.39 is 0 Å². The largest absolute Gasteiger partial charge is 0.165 e. The smallest absolute Gasteiger partial charge is 0.0516 e. The fraction of sp³-hybridized carbons (Fsp3) is 0.714. The standard InChI is InChI=1S/C7H13FS/c1-3-4-5-6-7(2)9-8/h5-7H,3-4H2,1-2H3/b6-5-. The minimum Gasteiger partial charge on any atom is -0.165 e. The molecule has 0 bridgehead atoms. The first-order valence-corrected chi connectivity index (χ1v) is 4.03. The van der Waals surface area contributed by atoms with Gasteiger partial charge in [0.05, 0.1) is 17.4 Å². The number of rotatable bonds is 4. The molecular weight excluding hydrogens is 135 g/mol. The van der Waals surface area contributed by atoms with Crippen LogP contribution in [-0.4, -0.2) is 5.25 Å². The first-order valence-electron chi connectivity index (χ1n) is 3.25. The van der Waals surface area contributed by atoms with Crippen LogP contribution in [0, 0.1) is 0 Å². The topological polar surface area (TPSA) is 0 Å². The zero-order valence-electron chi connectivity index (χ0n) is 5.93. The van der Waals surface area contributed by atoms with Gasteiger partial charge in [-0.15, -0.1) is 0 Å². The van der Waals surface area contributed by atoms with Crippen molar-refractivity contribution in [1.82, 2.24) is 0 Å². The molecule has 0 aromatic carbocycles. The van der Waals surface area contributed by atoms with Crippen molar-refractivity contribution in [2.45, 2.75) is 31.9 Å². The highest BCUT2D eigenvalue weighted by Gasteiger charge is 1.92. The third-order valence-corrected chi connectivity index (χ3v) is 1.44. The molecule has 0 nitrogen and oxygen atoms in total. The summed E-state index contributed by atoms with van der Waals surface area (Å²) in [6.07, 6.45) is 6.12. The summed E-state index contributed by atoms with van der Waals surface area (Å²) >= 11 is 0.388. The van der Waals surface area contributed by atoms with E-state index in [-0.39, 0.29) is 5.25 Å². The lowest BCUT2D eigenvalue weighted by Gasteiger charge is -1.93. The van der Waals surface area contributed by atoms with Gasteiger partial charge in [-0.05, 0) is 13.3 Å². The SMILES string of the molecule is CCC/C=C\C(C)SF. The fourth-order valence-electron chi connectivity index (χ4n) is 0.484. The van der Waals surface area contributed by atoms with E-state index in [2.05, 4.69) is 6.92 Å². The third-order valence-electron chi connectivity index (χ3n) is 1.00. The van der Waals surface area contributed by atoms with E-state index in [1.807, 2.05) is 19.1 Å². The maximum Gasteiger partial charge on any atom is 0.0516 e. The van der Waals surface area contributed by atoms with E-state index in [0.29, 0.717) is 12.1 Å². The maximum atomic E-state index is 11.7. The van der Waals surface area contributed by atoms with Gasteiger partial charge in [-0.2, -0.15) is 3.89 Å². The second kappa shape index (κ2) is 6.14. The Hall–Kier alpha value is 0.0200. The van der Waals surface area contributed by atoms with Crippen LogP contribution in [-0.2, 0) is 0 Å². The Balaban J connectivity index is 3.20. The van der Waals surface area contributed by atoms with E-state index in [1.165, 1.54) is 0 Å². The fourth-order valence-corrected chi connectivity index (χ4v) is 0.655. The van der Waals surface area contributed by atoms with Crippen LogP contribution in [0.4, 0.5) is 3.89 Å². The van der Waals surface area contributed by atoms with Crippen LogP contribution >= 0.6 is 12.1 Å². The highest BCUT2D eigenvalue weighted by Crippen LogP contribution is 2.11. The Kier molecular flexibility index (Phi) is 6.16. The van der Waals surface area contributed by atoms with Crippen molar-refractivity contribution in [3.63, 3.8) is 0 Å². The van der Waals surface area contributed by atoms with Crippen LogP contribution in [0.5, 0.6) is 0 Å². The zero-order valence-corrected chi connectivity index (χ0v) is 6.75. The van der Waals surface area contributed by atoms with Gasteiger partial charge >= 0.3 is 0 Å². The molecule has 1 unspecified atom stereocenters.